The van der Waals surface area contributed by atoms with Crippen LogP contribution in [0.1, 0.15) is 18.4 Å². The lowest BCUT2D eigenvalue weighted by molar-refractivity contribution is -0.117. The number of methoxy groups -OCH3 is 1. The van der Waals surface area contributed by atoms with E-state index in [1.165, 1.54) is 18.4 Å². The monoisotopic (exact) mass is 310 g/mol. The third-order valence-corrected chi connectivity index (χ3v) is 4.01. The number of carbonyl (C=O) groups excluding carboxylic acids is 1. The number of rotatable bonds is 7. The molecule has 4 heteroatoms. The van der Waals surface area contributed by atoms with Crippen molar-refractivity contribution in [1.82, 2.24) is 4.90 Å². The zero-order valence-electron chi connectivity index (χ0n) is 13.4. The Morgan fingerprint density at radius 1 is 1.13 bits per heavy atom. The number of ether oxygens (including phenoxy) is 1. The van der Waals surface area contributed by atoms with Gasteiger partial charge in [-0.2, -0.15) is 0 Å². The average molecular weight is 310 g/mol. The Bertz CT molecular complexity index is 636. The molecule has 0 unspecified atom stereocenters. The van der Waals surface area contributed by atoms with Gasteiger partial charge in [0, 0.05) is 18.3 Å². The van der Waals surface area contributed by atoms with Crippen LogP contribution in [0.2, 0.25) is 0 Å². The van der Waals surface area contributed by atoms with Crippen LogP contribution >= 0.6 is 0 Å². The molecule has 4 nitrogen and oxygen atoms in total. The largest absolute Gasteiger partial charge is 0.497 e. The van der Waals surface area contributed by atoms with Gasteiger partial charge < -0.3 is 10.1 Å². The number of amides is 1. The van der Waals surface area contributed by atoms with Crippen LogP contribution in [0.15, 0.2) is 54.6 Å². The number of anilines is 1. The molecule has 120 valence electrons. The maximum Gasteiger partial charge on any atom is 0.238 e. The Kier molecular flexibility index (Phi) is 4.93. The van der Waals surface area contributed by atoms with E-state index in [0.29, 0.717) is 12.6 Å². The average Bonchev–Trinajstić information content (AvgIpc) is 3.41. The van der Waals surface area contributed by atoms with Gasteiger partial charge in [0.15, 0.2) is 0 Å². The molecule has 0 atom stereocenters. The van der Waals surface area contributed by atoms with Crippen LogP contribution in [0, 0.1) is 0 Å². The molecular formula is C19H22N2O2. The summed E-state index contributed by atoms with van der Waals surface area (Å²) in [6.07, 6.45) is 2.35. The minimum atomic E-state index is 0.0385. The summed E-state index contributed by atoms with van der Waals surface area (Å²) in [6.45, 7) is 1.21. The van der Waals surface area contributed by atoms with Crippen molar-refractivity contribution in [1.29, 1.82) is 0 Å². The van der Waals surface area contributed by atoms with Gasteiger partial charge in [0.25, 0.3) is 0 Å². The Morgan fingerprint density at radius 2 is 1.83 bits per heavy atom. The minimum absolute atomic E-state index is 0.0385. The molecule has 0 aromatic heterocycles. The number of para-hydroxylation sites is 1. The van der Waals surface area contributed by atoms with Gasteiger partial charge in [-0.05, 0) is 42.7 Å². The third kappa shape index (κ3) is 4.57. The van der Waals surface area contributed by atoms with Gasteiger partial charge in [0.2, 0.25) is 5.91 Å². The van der Waals surface area contributed by atoms with E-state index < -0.39 is 0 Å². The van der Waals surface area contributed by atoms with E-state index in [2.05, 4.69) is 22.3 Å². The van der Waals surface area contributed by atoms with Crippen LogP contribution in [0.3, 0.4) is 0 Å². The summed E-state index contributed by atoms with van der Waals surface area (Å²) in [6, 6.07) is 18.2. The van der Waals surface area contributed by atoms with Gasteiger partial charge in [-0.3, -0.25) is 9.69 Å². The van der Waals surface area contributed by atoms with Crippen LogP contribution < -0.4 is 10.1 Å². The molecule has 0 radical (unpaired) electrons. The number of hydrogen-bond acceptors (Lipinski definition) is 3. The van der Waals surface area contributed by atoms with Crippen molar-refractivity contribution in [3.05, 3.63) is 60.2 Å². The second kappa shape index (κ2) is 7.29. The molecule has 0 bridgehead atoms. The van der Waals surface area contributed by atoms with Crippen LogP contribution in [0.4, 0.5) is 5.69 Å². The highest BCUT2D eigenvalue weighted by molar-refractivity contribution is 5.92. The molecule has 1 N–H and O–H groups in total. The molecule has 0 heterocycles. The first-order valence-corrected chi connectivity index (χ1v) is 7.96. The van der Waals surface area contributed by atoms with E-state index in [9.17, 15) is 4.79 Å². The summed E-state index contributed by atoms with van der Waals surface area (Å²) in [5.74, 6) is 0.894. The summed E-state index contributed by atoms with van der Waals surface area (Å²) in [5, 5.41) is 2.96. The standard InChI is InChI=1S/C19H22N2O2/c1-23-18-11-7-15(8-12-18)13-21(17-9-10-17)14-19(22)20-16-5-3-2-4-6-16/h2-8,11-12,17H,9-10,13-14H2,1H3,(H,20,22). The van der Waals surface area contributed by atoms with Gasteiger partial charge in [0.1, 0.15) is 5.75 Å². The number of benzene rings is 2. The predicted octanol–water partition coefficient (Wildman–Crippen LogP) is 3.30. The van der Waals surface area contributed by atoms with Gasteiger partial charge in [-0.1, -0.05) is 30.3 Å². The molecule has 1 saturated carbocycles. The lowest BCUT2D eigenvalue weighted by Crippen LogP contribution is -2.34. The molecule has 23 heavy (non-hydrogen) atoms. The fraction of sp³-hybridized carbons (Fsp3) is 0.316. The molecule has 1 aliphatic carbocycles. The highest BCUT2D eigenvalue weighted by Gasteiger charge is 2.30. The van der Waals surface area contributed by atoms with Crippen molar-refractivity contribution in [2.75, 3.05) is 19.0 Å². The first-order chi connectivity index (χ1) is 11.2. The molecule has 0 spiro atoms. The second-order valence-corrected chi connectivity index (χ2v) is 5.90. The summed E-state index contributed by atoms with van der Waals surface area (Å²) >= 11 is 0. The van der Waals surface area contributed by atoms with Gasteiger partial charge in [-0.15, -0.1) is 0 Å². The van der Waals surface area contributed by atoms with Crippen molar-refractivity contribution in [3.8, 4) is 5.75 Å². The Hall–Kier alpha value is -2.33. The summed E-state index contributed by atoms with van der Waals surface area (Å²) in [7, 11) is 1.67. The molecule has 1 amide bonds. The summed E-state index contributed by atoms with van der Waals surface area (Å²) in [4.78, 5) is 14.5. The van der Waals surface area contributed by atoms with E-state index in [4.69, 9.17) is 4.74 Å². The van der Waals surface area contributed by atoms with Crippen molar-refractivity contribution in [3.63, 3.8) is 0 Å². The molecule has 1 fully saturated rings. The third-order valence-electron chi connectivity index (χ3n) is 4.01. The first kappa shape index (κ1) is 15.6. The molecule has 2 aromatic carbocycles. The normalized spacial score (nSPS) is 13.8. The number of nitrogens with zero attached hydrogens (tertiary/aromatic N) is 1. The Morgan fingerprint density at radius 3 is 2.43 bits per heavy atom. The molecule has 0 saturated heterocycles. The highest BCUT2D eigenvalue weighted by Crippen LogP contribution is 2.28. The fourth-order valence-corrected chi connectivity index (χ4v) is 2.63. The highest BCUT2D eigenvalue weighted by atomic mass is 16.5. The summed E-state index contributed by atoms with van der Waals surface area (Å²) in [5.41, 5.74) is 2.04. The zero-order valence-corrected chi connectivity index (χ0v) is 13.4. The van der Waals surface area contributed by atoms with Crippen molar-refractivity contribution in [2.45, 2.75) is 25.4 Å². The fourth-order valence-electron chi connectivity index (χ4n) is 2.63. The van der Waals surface area contributed by atoms with Crippen molar-refractivity contribution in [2.24, 2.45) is 0 Å². The smallest absolute Gasteiger partial charge is 0.238 e. The maximum atomic E-state index is 12.3. The maximum absolute atomic E-state index is 12.3. The lowest BCUT2D eigenvalue weighted by atomic mass is 10.2. The first-order valence-electron chi connectivity index (χ1n) is 7.96. The SMILES string of the molecule is COc1ccc(CN(CC(=O)Nc2ccccc2)C2CC2)cc1. The lowest BCUT2D eigenvalue weighted by Gasteiger charge is -2.21. The molecular weight excluding hydrogens is 288 g/mol. The van der Waals surface area contributed by atoms with Gasteiger partial charge in [-0.25, -0.2) is 0 Å². The van der Waals surface area contributed by atoms with Crippen LogP contribution in [0.5, 0.6) is 5.75 Å². The van der Waals surface area contributed by atoms with E-state index in [1.807, 2.05) is 42.5 Å². The van der Waals surface area contributed by atoms with E-state index >= 15 is 0 Å². The number of nitrogens with one attached hydrogen (secondary N) is 1. The number of hydrogen-bond donors (Lipinski definition) is 1. The predicted molar refractivity (Wildman–Crippen MR) is 91.5 cm³/mol. The van der Waals surface area contributed by atoms with Gasteiger partial charge >= 0.3 is 0 Å². The minimum Gasteiger partial charge on any atom is -0.497 e. The van der Waals surface area contributed by atoms with E-state index in [1.54, 1.807) is 7.11 Å². The molecule has 0 aliphatic heterocycles. The topological polar surface area (TPSA) is 41.6 Å². The summed E-state index contributed by atoms with van der Waals surface area (Å²) < 4.78 is 5.19. The molecule has 2 aromatic rings. The van der Waals surface area contributed by atoms with E-state index in [-0.39, 0.29) is 5.91 Å². The molecule has 3 rings (SSSR count). The van der Waals surface area contributed by atoms with Gasteiger partial charge in [0.05, 0.1) is 13.7 Å². The van der Waals surface area contributed by atoms with E-state index in [0.717, 1.165) is 18.0 Å². The van der Waals surface area contributed by atoms with Crippen LogP contribution in [-0.2, 0) is 11.3 Å². The Balaban J connectivity index is 1.59. The van der Waals surface area contributed by atoms with Crippen LogP contribution in [0.25, 0.3) is 0 Å². The zero-order chi connectivity index (χ0) is 16.1. The second-order valence-electron chi connectivity index (χ2n) is 5.90. The Labute approximate surface area is 137 Å². The van der Waals surface area contributed by atoms with Crippen molar-refractivity contribution < 1.29 is 9.53 Å². The molecule has 1 aliphatic rings. The number of carbonyl (C=O) groups is 1. The quantitative estimate of drug-likeness (QED) is 0.853. The van der Waals surface area contributed by atoms with Crippen LogP contribution in [-0.4, -0.2) is 30.5 Å². The van der Waals surface area contributed by atoms with Crippen molar-refractivity contribution >= 4 is 11.6 Å².